The number of benzene rings is 1. The summed E-state index contributed by atoms with van der Waals surface area (Å²) in [6.45, 7) is 8.87. The van der Waals surface area contributed by atoms with Crippen molar-refractivity contribution in [1.29, 1.82) is 0 Å². The van der Waals surface area contributed by atoms with Gasteiger partial charge < -0.3 is 20.4 Å². The molecule has 1 spiro atoms. The lowest BCUT2D eigenvalue weighted by molar-refractivity contribution is -0.140. The summed E-state index contributed by atoms with van der Waals surface area (Å²) < 4.78 is 13.2. The van der Waals surface area contributed by atoms with Crippen LogP contribution < -0.4 is 15.5 Å². The fourth-order valence-corrected chi connectivity index (χ4v) is 5.57. The molecule has 0 saturated carbocycles. The molecule has 3 heterocycles. The molecular formula is C25H36FN5O3. The van der Waals surface area contributed by atoms with Crippen molar-refractivity contribution in [2.24, 2.45) is 5.41 Å². The maximum Gasteiger partial charge on any atom is 0.244 e. The largest absolute Gasteiger partial charge is 0.369 e. The predicted molar refractivity (Wildman–Crippen MR) is 128 cm³/mol. The SMILES string of the molecule is CC(=O)N[C@@H](C)C(=O)N1CCC2(CC1)C[C@H](CCN1CCN(c3ccc(F)cc3)CC1)NC2=O. The summed E-state index contributed by atoms with van der Waals surface area (Å²) in [7, 11) is 0. The van der Waals surface area contributed by atoms with Crippen molar-refractivity contribution < 1.29 is 18.8 Å². The molecule has 3 saturated heterocycles. The summed E-state index contributed by atoms with van der Waals surface area (Å²) in [5.74, 6) is -0.389. The molecule has 2 N–H and O–H groups in total. The number of hydrogen-bond acceptors (Lipinski definition) is 5. The first-order valence-corrected chi connectivity index (χ1v) is 12.4. The number of rotatable bonds is 6. The van der Waals surface area contributed by atoms with Gasteiger partial charge in [0.05, 0.1) is 5.41 Å². The highest BCUT2D eigenvalue weighted by Gasteiger charge is 2.48. The average Bonchev–Trinajstić information content (AvgIpc) is 3.12. The van der Waals surface area contributed by atoms with Crippen LogP contribution in [0.2, 0.25) is 0 Å². The zero-order chi connectivity index (χ0) is 24.3. The van der Waals surface area contributed by atoms with Crippen molar-refractivity contribution in [2.75, 3.05) is 50.7 Å². The van der Waals surface area contributed by atoms with Crippen LogP contribution in [0.5, 0.6) is 0 Å². The first-order chi connectivity index (χ1) is 16.3. The van der Waals surface area contributed by atoms with Crippen molar-refractivity contribution >= 4 is 23.4 Å². The third-order valence-corrected chi connectivity index (χ3v) is 7.63. The Labute approximate surface area is 200 Å². The molecule has 3 aliphatic rings. The second-order valence-corrected chi connectivity index (χ2v) is 10.00. The molecule has 1 aromatic carbocycles. The van der Waals surface area contributed by atoms with Crippen LogP contribution in [0.4, 0.5) is 10.1 Å². The van der Waals surface area contributed by atoms with Gasteiger partial charge in [-0.3, -0.25) is 19.3 Å². The Bertz CT molecular complexity index is 892. The topological polar surface area (TPSA) is 85.0 Å². The lowest BCUT2D eigenvalue weighted by Gasteiger charge is -2.38. The van der Waals surface area contributed by atoms with Crippen LogP contribution in [0.1, 0.15) is 39.5 Å². The molecule has 1 aromatic rings. The number of piperazine rings is 1. The smallest absolute Gasteiger partial charge is 0.244 e. The minimum Gasteiger partial charge on any atom is -0.369 e. The highest BCUT2D eigenvalue weighted by atomic mass is 19.1. The highest BCUT2D eigenvalue weighted by Crippen LogP contribution is 2.41. The fraction of sp³-hybridized carbons (Fsp3) is 0.640. The molecule has 4 rings (SSSR count). The van der Waals surface area contributed by atoms with Crippen molar-refractivity contribution in [1.82, 2.24) is 20.4 Å². The maximum absolute atomic E-state index is 13.2. The maximum atomic E-state index is 13.2. The Morgan fingerprint density at radius 2 is 1.76 bits per heavy atom. The van der Waals surface area contributed by atoms with E-state index in [1.54, 1.807) is 11.8 Å². The number of likely N-dealkylation sites (tertiary alicyclic amines) is 1. The minimum absolute atomic E-state index is 0.0835. The summed E-state index contributed by atoms with van der Waals surface area (Å²) in [6.07, 6.45) is 3.09. The Morgan fingerprint density at radius 1 is 1.12 bits per heavy atom. The first-order valence-electron chi connectivity index (χ1n) is 12.4. The van der Waals surface area contributed by atoms with E-state index >= 15 is 0 Å². The number of nitrogens with one attached hydrogen (secondary N) is 2. The number of halogens is 1. The number of carbonyl (C=O) groups excluding carboxylic acids is 3. The van der Waals surface area contributed by atoms with Gasteiger partial charge in [0.25, 0.3) is 0 Å². The van der Waals surface area contributed by atoms with Gasteiger partial charge in [0, 0.05) is 64.5 Å². The molecule has 0 bridgehead atoms. The van der Waals surface area contributed by atoms with Crippen LogP contribution in [0.15, 0.2) is 24.3 Å². The molecule has 34 heavy (non-hydrogen) atoms. The van der Waals surface area contributed by atoms with Crippen LogP contribution >= 0.6 is 0 Å². The predicted octanol–water partition coefficient (Wildman–Crippen LogP) is 1.36. The van der Waals surface area contributed by atoms with E-state index in [4.69, 9.17) is 0 Å². The number of amides is 3. The van der Waals surface area contributed by atoms with E-state index < -0.39 is 6.04 Å². The average molecular weight is 474 g/mol. The second kappa shape index (κ2) is 10.3. The van der Waals surface area contributed by atoms with Gasteiger partial charge in [-0.2, -0.15) is 0 Å². The lowest BCUT2D eigenvalue weighted by atomic mass is 9.75. The van der Waals surface area contributed by atoms with E-state index in [1.807, 2.05) is 12.1 Å². The fourth-order valence-electron chi connectivity index (χ4n) is 5.57. The van der Waals surface area contributed by atoms with E-state index in [2.05, 4.69) is 20.4 Å². The molecule has 3 aliphatic heterocycles. The number of hydrogen-bond donors (Lipinski definition) is 2. The van der Waals surface area contributed by atoms with Gasteiger partial charge in [0.1, 0.15) is 11.9 Å². The summed E-state index contributed by atoms with van der Waals surface area (Å²) in [5, 5.41) is 5.86. The van der Waals surface area contributed by atoms with E-state index in [0.29, 0.717) is 25.9 Å². The normalized spacial score (nSPS) is 23.6. The molecule has 2 atom stereocenters. The third-order valence-electron chi connectivity index (χ3n) is 7.63. The molecule has 0 unspecified atom stereocenters. The summed E-state index contributed by atoms with van der Waals surface area (Å²) >= 11 is 0. The van der Waals surface area contributed by atoms with Crippen molar-refractivity contribution in [3.05, 3.63) is 30.1 Å². The van der Waals surface area contributed by atoms with Gasteiger partial charge in [0.2, 0.25) is 17.7 Å². The summed E-state index contributed by atoms with van der Waals surface area (Å²) in [6, 6.07) is 6.30. The highest BCUT2D eigenvalue weighted by molar-refractivity contribution is 5.88. The van der Waals surface area contributed by atoms with Gasteiger partial charge in [-0.05, 0) is 56.9 Å². The van der Waals surface area contributed by atoms with Gasteiger partial charge in [-0.15, -0.1) is 0 Å². The second-order valence-electron chi connectivity index (χ2n) is 10.00. The standard InChI is InChI=1S/C25H36FN5O3/c1-18(27-19(2)32)23(33)31-11-8-25(9-12-31)17-21(28-24(25)34)7-10-29-13-15-30(16-14-29)22-5-3-20(26)4-6-22/h3-6,18,21H,7-17H2,1-2H3,(H,27,32)(H,28,34)/t18-,21-/m0/s1. The van der Waals surface area contributed by atoms with Crippen LogP contribution in [-0.4, -0.2) is 85.4 Å². The molecule has 186 valence electrons. The van der Waals surface area contributed by atoms with Crippen molar-refractivity contribution in [3.63, 3.8) is 0 Å². The van der Waals surface area contributed by atoms with Gasteiger partial charge in [-0.25, -0.2) is 4.39 Å². The van der Waals surface area contributed by atoms with E-state index in [1.165, 1.54) is 19.1 Å². The molecule has 9 heteroatoms. The molecule has 0 radical (unpaired) electrons. The number of carbonyl (C=O) groups is 3. The van der Waals surface area contributed by atoms with Crippen LogP contribution in [0.3, 0.4) is 0 Å². The Morgan fingerprint density at radius 3 is 2.38 bits per heavy atom. The van der Waals surface area contributed by atoms with Gasteiger partial charge in [0.15, 0.2) is 0 Å². The Hall–Kier alpha value is -2.68. The van der Waals surface area contributed by atoms with Crippen LogP contribution in [-0.2, 0) is 14.4 Å². The number of anilines is 1. The molecule has 3 amide bonds. The number of nitrogens with zero attached hydrogens (tertiary/aromatic N) is 3. The van der Waals surface area contributed by atoms with Crippen LogP contribution in [0, 0.1) is 11.2 Å². The van der Waals surface area contributed by atoms with Gasteiger partial charge >= 0.3 is 0 Å². The molecule has 0 aliphatic carbocycles. The third kappa shape index (κ3) is 5.51. The summed E-state index contributed by atoms with van der Waals surface area (Å²) in [5.41, 5.74) is 0.683. The van der Waals surface area contributed by atoms with Crippen LogP contribution in [0.25, 0.3) is 0 Å². The van der Waals surface area contributed by atoms with Crippen molar-refractivity contribution in [2.45, 2.75) is 51.6 Å². The quantitative estimate of drug-likeness (QED) is 0.652. The van der Waals surface area contributed by atoms with E-state index in [9.17, 15) is 18.8 Å². The molecular weight excluding hydrogens is 437 g/mol. The summed E-state index contributed by atoms with van der Waals surface area (Å²) in [4.78, 5) is 43.2. The molecule has 3 fully saturated rings. The van der Waals surface area contributed by atoms with Crippen molar-refractivity contribution in [3.8, 4) is 0 Å². The zero-order valence-electron chi connectivity index (χ0n) is 20.2. The zero-order valence-corrected chi connectivity index (χ0v) is 20.2. The number of piperidine rings is 1. The minimum atomic E-state index is -0.541. The first kappa shape index (κ1) is 24.4. The van der Waals surface area contributed by atoms with E-state index in [0.717, 1.165) is 51.3 Å². The Balaban J connectivity index is 1.21. The van der Waals surface area contributed by atoms with Gasteiger partial charge in [-0.1, -0.05) is 0 Å². The molecule has 0 aromatic heterocycles. The Kier molecular flexibility index (Phi) is 7.40. The molecule has 8 nitrogen and oxygen atoms in total. The monoisotopic (exact) mass is 473 g/mol. The lowest BCUT2D eigenvalue weighted by Crippen LogP contribution is -2.51. The van der Waals surface area contributed by atoms with E-state index in [-0.39, 0.29) is 35.0 Å².